The van der Waals surface area contributed by atoms with E-state index in [2.05, 4.69) is 10.2 Å². The zero-order valence-corrected chi connectivity index (χ0v) is 13.5. The molecule has 23 heavy (non-hydrogen) atoms. The summed E-state index contributed by atoms with van der Waals surface area (Å²) in [6.45, 7) is 3.49. The number of halogens is 1. The fourth-order valence-corrected chi connectivity index (χ4v) is 2.89. The van der Waals surface area contributed by atoms with Gasteiger partial charge < -0.3 is 14.5 Å². The van der Waals surface area contributed by atoms with Gasteiger partial charge in [0.15, 0.2) is 0 Å². The van der Waals surface area contributed by atoms with E-state index in [1.807, 2.05) is 12.1 Å². The Morgan fingerprint density at radius 3 is 2.78 bits per heavy atom. The van der Waals surface area contributed by atoms with Crippen molar-refractivity contribution in [3.63, 3.8) is 0 Å². The molecule has 5 nitrogen and oxygen atoms in total. The van der Waals surface area contributed by atoms with Crippen LogP contribution in [0.1, 0.15) is 22.2 Å². The fourth-order valence-electron chi connectivity index (χ4n) is 2.70. The molecule has 1 aliphatic rings. The molecule has 122 valence electrons. The molecule has 0 bridgehead atoms. The molecule has 2 heterocycles. The van der Waals surface area contributed by atoms with Gasteiger partial charge in [0.05, 0.1) is 25.5 Å². The Balaban J connectivity index is 1.67. The minimum absolute atomic E-state index is 0.00275. The summed E-state index contributed by atoms with van der Waals surface area (Å²) in [7, 11) is 0. The molecular formula is C17H19ClN2O3. The number of nitrogens with zero attached hydrogens (tertiary/aromatic N) is 1. The van der Waals surface area contributed by atoms with E-state index >= 15 is 0 Å². The van der Waals surface area contributed by atoms with Gasteiger partial charge in [-0.2, -0.15) is 0 Å². The molecule has 1 atom stereocenters. The molecule has 1 fully saturated rings. The highest BCUT2D eigenvalue weighted by Gasteiger charge is 2.25. The molecule has 2 aromatic rings. The van der Waals surface area contributed by atoms with Gasteiger partial charge in [-0.1, -0.05) is 17.7 Å². The number of rotatable bonds is 5. The lowest BCUT2D eigenvalue weighted by Gasteiger charge is -2.33. The van der Waals surface area contributed by atoms with Crippen molar-refractivity contribution in [2.24, 2.45) is 0 Å². The van der Waals surface area contributed by atoms with Gasteiger partial charge in [-0.25, -0.2) is 0 Å². The molecule has 1 unspecified atom stereocenters. The van der Waals surface area contributed by atoms with Crippen molar-refractivity contribution >= 4 is 17.5 Å². The largest absolute Gasteiger partial charge is 0.468 e. The van der Waals surface area contributed by atoms with E-state index in [1.54, 1.807) is 30.5 Å². The third-order valence-corrected chi connectivity index (χ3v) is 4.14. The zero-order chi connectivity index (χ0) is 16.1. The van der Waals surface area contributed by atoms with Crippen LogP contribution in [0, 0.1) is 0 Å². The van der Waals surface area contributed by atoms with E-state index < -0.39 is 0 Å². The molecule has 1 aromatic heterocycles. The minimum atomic E-state index is -0.141. The molecule has 3 rings (SSSR count). The van der Waals surface area contributed by atoms with Gasteiger partial charge in [-0.05, 0) is 30.3 Å². The van der Waals surface area contributed by atoms with Gasteiger partial charge in [-0.3, -0.25) is 9.69 Å². The van der Waals surface area contributed by atoms with Gasteiger partial charge in [0, 0.05) is 30.2 Å². The maximum atomic E-state index is 12.3. The number of benzene rings is 1. The number of carbonyl (C=O) groups excluding carboxylic acids is 1. The van der Waals surface area contributed by atoms with E-state index in [4.69, 9.17) is 20.8 Å². The summed E-state index contributed by atoms with van der Waals surface area (Å²) in [5, 5.41) is 3.52. The zero-order valence-electron chi connectivity index (χ0n) is 12.7. The van der Waals surface area contributed by atoms with Crippen LogP contribution in [0.25, 0.3) is 0 Å². The molecule has 1 aromatic carbocycles. The van der Waals surface area contributed by atoms with Crippen LogP contribution < -0.4 is 5.32 Å². The first kappa shape index (κ1) is 16.1. The number of amides is 1. The van der Waals surface area contributed by atoms with Crippen molar-refractivity contribution in [2.45, 2.75) is 6.04 Å². The topological polar surface area (TPSA) is 54.7 Å². The van der Waals surface area contributed by atoms with Gasteiger partial charge in [0.1, 0.15) is 5.76 Å². The van der Waals surface area contributed by atoms with Gasteiger partial charge in [-0.15, -0.1) is 0 Å². The van der Waals surface area contributed by atoms with Crippen molar-refractivity contribution in [1.82, 2.24) is 10.2 Å². The summed E-state index contributed by atoms with van der Waals surface area (Å²) < 4.78 is 11.0. The second-order valence-corrected chi connectivity index (χ2v) is 5.84. The van der Waals surface area contributed by atoms with E-state index in [1.165, 1.54) is 0 Å². The predicted octanol–water partition coefficient (Wildman–Crippen LogP) is 2.74. The van der Waals surface area contributed by atoms with E-state index in [0.717, 1.165) is 18.8 Å². The summed E-state index contributed by atoms with van der Waals surface area (Å²) >= 11 is 5.94. The second-order valence-electron chi connectivity index (χ2n) is 5.40. The fraction of sp³-hybridized carbons (Fsp3) is 0.353. The molecule has 1 aliphatic heterocycles. The second kappa shape index (κ2) is 7.64. The van der Waals surface area contributed by atoms with Crippen LogP contribution in [-0.2, 0) is 4.74 Å². The van der Waals surface area contributed by atoms with Gasteiger partial charge >= 0.3 is 0 Å². The summed E-state index contributed by atoms with van der Waals surface area (Å²) in [4.78, 5) is 14.6. The van der Waals surface area contributed by atoms with Crippen molar-refractivity contribution in [3.05, 3.63) is 59.0 Å². The Morgan fingerprint density at radius 1 is 1.26 bits per heavy atom. The predicted molar refractivity (Wildman–Crippen MR) is 87.6 cm³/mol. The smallest absolute Gasteiger partial charge is 0.251 e. The Bertz CT molecular complexity index is 639. The van der Waals surface area contributed by atoms with E-state index in [9.17, 15) is 4.79 Å². The monoisotopic (exact) mass is 334 g/mol. The molecular weight excluding hydrogens is 316 g/mol. The van der Waals surface area contributed by atoms with Crippen LogP contribution in [0.15, 0.2) is 47.1 Å². The Morgan fingerprint density at radius 2 is 2.09 bits per heavy atom. The molecule has 1 amide bonds. The summed E-state index contributed by atoms with van der Waals surface area (Å²) in [6.07, 6.45) is 1.65. The maximum Gasteiger partial charge on any atom is 0.251 e. The number of hydrogen-bond donors (Lipinski definition) is 1. The number of carbonyl (C=O) groups is 1. The molecule has 6 heteroatoms. The Hall–Kier alpha value is -1.82. The van der Waals surface area contributed by atoms with Gasteiger partial charge in [0.2, 0.25) is 0 Å². The van der Waals surface area contributed by atoms with E-state index in [-0.39, 0.29) is 11.9 Å². The van der Waals surface area contributed by atoms with Crippen LogP contribution in [0.4, 0.5) is 0 Å². The van der Waals surface area contributed by atoms with Crippen LogP contribution >= 0.6 is 11.6 Å². The number of hydrogen-bond acceptors (Lipinski definition) is 4. The first-order chi connectivity index (χ1) is 11.2. The lowest BCUT2D eigenvalue weighted by molar-refractivity contribution is 0.0118. The summed E-state index contributed by atoms with van der Waals surface area (Å²) in [5.41, 5.74) is 0.553. The first-order valence-corrected chi connectivity index (χ1v) is 8.01. The minimum Gasteiger partial charge on any atom is -0.468 e. The Labute approximate surface area is 140 Å². The van der Waals surface area contributed by atoms with Crippen molar-refractivity contribution < 1.29 is 13.9 Å². The van der Waals surface area contributed by atoms with Gasteiger partial charge in [0.25, 0.3) is 5.91 Å². The standard InChI is InChI=1S/C17H19ClN2O3/c18-14-4-1-3-13(11-14)17(21)19-12-15(16-5-2-8-23-16)20-6-9-22-10-7-20/h1-5,8,11,15H,6-7,9-10,12H2,(H,19,21). The molecule has 1 N–H and O–H groups in total. The molecule has 1 saturated heterocycles. The quantitative estimate of drug-likeness (QED) is 0.913. The highest BCUT2D eigenvalue weighted by atomic mass is 35.5. The molecule has 0 aliphatic carbocycles. The van der Waals surface area contributed by atoms with Crippen LogP contribution in [0.2, 0.25) is 5.02 Å². The maximum absolute atomic E-state index is 12.3. The van der Waals surface area contributed by atoms with E-state index in [0.29, 0.717) is 30.3 Å². The first-order valence-electron chi connectivity index (χ1n) is 7.63. The highest BCUT2D eigenvalue weighted by molar-refractivity contribution is 6.30. The summed E-state index contributed by atoms with van der Waals surface area (Å²) in [6, 6.07) is 10.7. The van der Waals surface area contributed by atoms with Crippen molar-refractivity contribution in [2.75, 3.05) is 32.8 Å². The lowest BCUT2D eigenvalue weighted by Crippen LogP contribution is -2.43. The highest BCUT2D eigenvalue weighted by Crippen LogP contribution is 2.22. The average Bonchev–Trinajstić information content (AvgIpc) is 3.10. The van der Waals surface area contributed by atoms with Crippen molar-refractivity contribution in [3.8, 4) is 0 Å². The van der Waals surface area contributed by atoms with Crippen LogP contribution in [0.5, 0.6) is 0 Å². The number of nitrogens with one attached hydrogen (secondary N) is 1. The number of ether oxygens (including phenoxy) is 1. The lowest BCUT2D eigenvalue weighted by atomic mass is 10.1. The Kier molecular flexibility index (Phi) is 5.33. The van der Waals surface area contributed by atoms with Crippen LogP contribution in [0.3, 0.4) is 0 Å². The normalized spacial score (nSPS) is 16.9. The molecule has 0 saturated carbocycles. The third-order valence-electron chi connectivity index (χ3n) is 3.90. The summed E-state index contributed by atoms with van der Waals surface area (Å²) in [5.74, 6) is 0.704. The number of morpholine rings is 1. The molecule has 0 radical (unpaired) electrons. The van der Waals surface area contributed by atoms with Crippen molar-refractivity contribution in [1.29, 1.82) is 0 Å². The number of furan rings is 1. The third kappa shape index (κ3) is 4.13. The SMILES string of the molecule is O=C(NCC(c1ccco1)N1CCOCC1)c1cccc(Cl)c1. The average molecular weight is 335 g/mol. The van der Waals surface area contributed by atoms with Crippen LogP contribution in [-0.4, -0.2) is 43.7 Å². The molecule has 0 spiro atoms.